The van der Waals surface area contributed by atoms with E-state index in [4.69, 9.17) is 9.63 Å². The number of carboxylic acid groups (broad SMARTS) is 1. The van der Waals surface area contributed by atoms with E-state index in [9.17, 15) is 9.18 Å². The van der Waals surface area contributed by atoms with Crippen LogP contribution in [-0.4, -0.2) is 22.8 Å². The third-order valence-electron chi connectivity index (χ3n) is 2.70. The van der Waals surface area contributed by atoms with E-state index < -0.39 is 5.97 Å². The summed E-state index contributed by atoms with van der Waals surface area (Å²) in [6, 6.07) is 7.73. The van der Waals surface area contributed by atoms with Gasteiger partial charge in [0.05, 0.1) is 12.2 Å². The van der Waals surface area contributed by atoms with Gasteiger partial charge in [0, 0.05) is 12.6 Å². The van der Waals surface area contributed by atoms with Crippen molar-refractivity contribution in [1.82, 2.24) is 5.16 Å². The van der Waals surface area contributed by atoms with E-state index in [1.165, 1.54) is 12.1 Å². The molecule has 2 rings (SSSR count). The predicted octanol–water partition coefficient (Wildman–Crippen LogP) is 2.54. The maximum atomic E-state index is 13.7. The van der Waals surface area contributed by atoms with Gasteiger partial charge in [0.1, 0.15) is 5.82 Å². The first-order valence-corrected chi connectivity index (χ1v) is 5.80. The molecule has 0 fully saturated rings. The Morgan fingerprint density at radius 3 is 2.79 bits per heavy atom. The van der Waals surface area contributed by atoms with E-state index in [-0.39, 0.29) is 18.1 Å². The van der Waals surface area contributed by atoms with Crippen LogP contribution in [-0.2, 0) is 6.54 Å². The normalized spacial score (nSPS) is 10.4. The van der Waals surface area contributed by atoms with Gasteiger partial charge in [-0.2, -0.15) is 0 Å². The number of rotatable bonds is 5. The Morgan fingerprint density at radius 2 is 2.21 bits per heavy atom. The summed E-state index contributed by atoms with van der Waals surface area (Å²) in [6.07, 6.45) is 0. The van der Waals surface area contributed by atoms with E-state index >= 15 is 0 Å². The fraction of sp³-hybridized carbons (Fsp3) is 0.231. The molecule has 0 bridgehead atoms. The number of halogens is 1. The third-order valence-corrected chi connectivity index (χ3v) is 2.70. The molecule has 0 saturated heterocycles. The standard InChI is InChI=1S/C13H13FN2O3/c1-2-16(12-6-4-3-5-10(12)14)8-9-7-11(13(17)18)15-19-9/h3-7H,2,8H2,1H3,(H,17,18). The zero-order valence-electron chi connectivity index (χ0n) is 10.3. The van der Waals surface area contributed by atoms with Crippen molar-refractivity contribution >= 4 is 11.7 Å². The van der Waals surface area contributed by atoms with Crippen molar-refractivity contribution < 1.29 is 18.8 Å². The molecular weight excluding hydrogens is 251 g/mol. The number of carboxylic acids is 1. The number of benzene rings is 1. The molecule has 0 amide bonds. The van der Waals surface area contributed by atoms with Crippen molar-refractivity contribution in [2.24, 2.45) is 0 Å². The molecule has 0 saturated carbocycles. The second-order valence-electron chi connectivity index (χ2n) is 3.95. The van der Waals surface area contributed by atoms with Crippen LogP contribution < -0.4 is 4.90 Å². The summed E-state index contributed by atoms with van der Waals surface area (Å²) in [5, 5.41) is 12.2. The first kappa shape index (κ1) is 13.1. The zero-order valence-corrected chi connectivity index (χ0v) is 10.3. The minimum absolute atomic E-state index is 0.153. The Bertz CT molecular complexity index is 583. The number of para-hydroxylation sites is 1. The van der Waals surface area contributed by atoms with E-state index in [1.54, 1.807) is 23.1 Å². The summed E-state index contributed by atoms with van der Waals surface area (Å²) in [4.78, 5) is 12.4. The van der Waals surface area contributed by atoms with Crippen LogP contribution in [0.5, 0.6) is 0 Å². The second-order valence-corrected chi connectivity index (χ2v) is 3.95. The van der Waals surface area contributed by atoms with Crippen LogP contribution in [0.3, 0.4) is 0 Å². The summed E-state index contributed by atoms with van der Waals surface area (Å²) < 4.78 is 18.6. The molecule has 0 aliphatic heterocycles. The van der Waals surface area contributed by atoms with E-state index in [0.29, 0.717) is 18.0 Å². The van der Waals surface area contributed by atoms with Gasteiger partial charge in [-0.25, -0.2) is 9.18 Å². The quantitative estimate of drug-likeness (QED) is 0.898. The maximum absolute atomic E-state index is 13.7. The molecular formula is C13H13FN2O3. The van der Waals surface area contributed by atoms with Crippen molar-refractivity contribution in [3.05, 3.63) is 47.6 Å². The Kier molecular flexibility index (Phi) is 3.79. The summed E-state index contributed by atoms with van der Waals surface area (Å²) in [5.41, 5.74) is 0.290. The largest absolute Gasteiger partial charge is 0.476 e. The second kappa shape index (κ2) is 5.51. The SMILES string of the molecule is CCN(Cc1cc(C(=O)O)no1)c1ccccc1F. The van der Waals surface area contributed by atoms with Gasteiger partial charge in [0.15, 0.2) is 11.5 Å². The van der Waals surface area contributed by atoms with Crippen LogP contribution in [0.2, 0.25) is 0 Å². The lowest BCUT2D eigenvalue weighted by Gasteiger charge is -2.21. The summed E-state index contributed by atoms with van der Waals surface area (Å²) in [5.74, 6) is -1.10. The monoisotopic (exact) mass is 264 g/mol. The highest BCUT2D eigenvalue weighted by atomic mass is 19.1. The highest BCUT2D eigenvalue weighted by molar-refractivity contribution is 5.85. The Morgan fingerprint density at radius 1 is 1.47 bits per heavy atom. The van der Waals surface area contributed by atoms with E-state index in [0.717, 1.165) is 0 Å². The van der Waals surface area contributed by atoms with Crippen LogP contribution in [0.4, 0.5) is 10.1 Å². The lowest BCUT2D eigenvalue weighted by atomic mass is 10.2. The lowest BCUT2D eigenvalue weighted by molar-refractivity contribution is 0.0685. The van der Waals surface area contributed by atoms with Gasteiger partial charge in [-0.1, -0.05) is 17.3 Å². The number of aromatic carboxylic acids is 1. The molecule has 1 heterocycles. The van der Waals surface area contributed by atoms with Crippen LogP contribution in [0, 0.1) is 5.82 Å². The molecule has 6 heteroatoms. The van der Waals surface area contributed by atoms with Crippen molar-refractivity contribution in [3.63, 3.8) is 0 Å². The number of nitrogens with zero attached hydrogens (tertiary/aromatic N) is 2. The molecule has 1 aromatic carbocycles. The first-order valence-electron chi connectivity index (χ1n) is 5.80. The summed E-state index contributed by atoms with van der Waals surface area (Å²) >= 11 is 0. The molecule has 19 heavy (non-hydrogen) atoms. The van der Waals surface area contributed by atoms with Crippen molar-refractivity contribution in [1.29, 1.82) is 0 Å². The maximum Gasteiger partial charge on any atom is 0.358 e. The highest BCUT2D eigenvalue weighted by Gasteiger charge is 2.15. The fourth-order valence-electron chi connectivity index (χ4n) is 1.75. The Labute approximate surface area is 109 Å². The zero-order chi connectivity index (χ0) is 13.8. The molecule has 0 atom stereocenters. The van der Waals surface area contributed by atoms with Crippen LogP contribution in [0.1, 0.15) is 23.2 Å². The lowest BCUT2D eigenvalue weighted by Crippen LogP contribution is -2.22. The van der Waals surface area contributed by atoms with Gasteiger partial charge in [-0.3, -0.25) is 0 Å². The number of carbonyl (C=O) groups is 1. The van der Waals surface area contributed by atoms with Crippen LogP contribution >= 0.6 is 0 Å². The molecule has 0 radical (unpaired) electrons. The average molecular weight is 264 g/mol. The fourth-order valence-corrected chi connectivity index (χ4v) is 1.75. The van der Waals surface area contributed by atoms with Crippen molar-refractivity contribution in [2.45, 2.75) is 13.5 Å². The minimum atomic E-state index is -1.15. The molecule has 2 aromatic rings. The molecule has 1 N–H and O–H groups in total. The molecule has 0 unspecified atom stereocenters. The molecule has 1 aromatic heterocycles. The van der Waals surface area contributed by atoms with E-state index in [2.05, 4.69) is 5.16 Å². The predicted molar refractivity (Wildman–Crippen MR) is 66.6 cm³/mol. The molecule has 100 valence electrons. The number of hydrogen-bond donors (Lipinski definition) is 1. The molecule has 0 spiro atoms. The third kappa shape index (κ3) is 2.90. The van der Waals surface area contributed by atoms with E-state index in [1.807, 2.05) is 6.92 Å². The van der Waals surface area contributed by atoms with Crippen molar-refractivity contribution in [3.8, 4) is 0 Å². The van der Waals surface area contributed by atoms with Gasteiger partial charge in [0.2, 0.25) is 0 Å². The number of hydrogen-bond acceptors (Lipinski definition) is 4. The van der Waals surface area contributed by atoms with Gasteiger partial charge in [0.25, 0.3) is 0 Å². The Balaban J connectivity index is 2.19. The van der Waals surface area contributed by atoms with Crippen LogP contribution in [0.25, 0.3) is 0 Å². The van der Waals surface area contributed by atoms with Crippen molar-refractivity contribution in [2.75, 3.05) is 11.4 Å². The molecule has 0 aliphatic rings. The summed E-state index contributed by atoms with van der Waals surface area (Å²) in [7, 11) is 0. The topological polar surface area (TPSA) is 66.6 Å². The average Bonchev–Trinajstić information content (AvgIpc) is 2.86. The van der Waals surface area contributed by atoms with Gasteiger partial charge < -0.3 is 14.5 Å². The molecule has 5 nitrogen and oxygen atoms in total. The first-order chi connectivity index (χ1) is 9.11. The molecule has 0 aliphatic carbocycles. The Hall–Kier alpha value is -2.37. The van der Waals surface area contributed by atoms with Gasteiger partial charge in [-0.05, 0) is 19.1 Å². The highest BCUT2D eigenvalue weighted by Crippen LogP contribution is 2.20. The van der Waals surface area contributed by atoms with Gasteiger partial charge in [-0.15, -0.1) is 0 Å². The smallest absolute Gasteiger partial charge is 0.358 e. The number of anilines is 1. The number of aromatic nitrogens is 1. The van der Waals surface area contributed by atoms with Crippen LogP contribution in [0.15, 0.2) is 34.9 Å². The minimum Gasteiger partial charge on any atom is -0.476 e. The van der Waals surface area contributed by atoms with Gasteiger partial charge >= 0.3 is 5.97 Å². The summed E-state index contributed by atoms with van der Waals surface area (Å²) in [6.45, 7) is 2.70.